The Morgan fingerprint density at radius 2 is 2.29 bits per heavy atom. The van der Waals surface area contributed by atoms with Gasteiger partial charge in [0.15, 0.2) is 5.82 Å². The standard InChI is InChI=1S/C10H10ClN3/c1-2-10-12-7-14(13-10)9-5-3-4-8(11)6-9/h3-7H,2H2,1H3. The Balaban J connectivity index is 2.39. The summed E-state index contributed by atoms with van der Waals surface area (Å²) in [5.41, 5.74) is 0.935. The van der Waals surface area contributed by atoms with Crippen molar-refractivity contribution in [2.75, 3.05) is 0 Å². The maximum absolute atomic E-state index is 5.87. The van der Waals surface area contributed by atoms with Gasteiger partial charge in [-0.25, -0.2) is 9.67 Å². The number of halogens is 1. The van der Waals surface area contributed by atoms with E-state index in [-0.39, 0.29) is 0 Å². The molecule has 0 amide bonds. The molecule has 0 aliphatic carbocycles. The fraction of sp³-hybridized carbons (Fsp3) is 0.200. The first-order chi connectivity index (χ1) is 6.79. The largest absolute Gasteiger partial charge is 0.221 e. The third-order valence-corrected chi connectivity index (χ3v) is 2.16. The predicted octanol–water partition coefficient (Wildman–Crippen LogP) is 2.48. The summed E-state index contributed by atoms with van der Waals surface area (Å²) in [6.45, 7) is 2.03. The van der Waals surface area contributed by atoms with E-state index >= 15 is 0 Å². The highest BCUT2D eigenvalue weighted by molar-refractivity contribution is 6.30. The van der Waals surface area contributed by atoms with E-state index < -0.39 is 0 Å². The van der Waals surface area contributed by atoms with Crippen LogP contribution in [0.3, 0.4) is 0 Å². The summed E-state index contributed by atoms with van der Waals surface area (Å²) in [6.07, 6.45) is 2.54. The van der Waals surface area contributed by atoms with E-state index in [4.69, 9.17) is 11.6 Å². The zero-order chi connectivity index (χ0) is 9.97. The molecule has 0 fully saturated rings. The lowest BCUT2D eigenvalue weighted by atomic mass is 10.3. The number of aryl methyl sites for hydroxylation is 1. The highest BCUT2D eigenvalue weighted by Gasteiger charge is 2.00. The average molecular weight is 208 g/mol. The maximum atomic E-state index is 5.87. The second-order valence-electron chi connectivity index (χ2n) is 2.94. The van der Waals surface area contributed by atoms with Gasteiger partial charge in [-0.2, -0.15) is 5.10 Å². The van der Waals surface area contributed by atoms with E-state index in [9.17, 15) is 0 Å². The molecule has 0 saturated heterocycles. The Morgan fingerprint density at radius 3 is 2.93 bits per heavy atom. The van der Waals surface area contributed by atoms with Gasteiger partial charge < -0.3 is 0 Å². The van der Waals surface area contributed by atoms with Crippen molar-refractivity contribution in [1.82, 2.24) is 14.8 Å². The van der Waals surface area contributed by atoms with Crippen molar-refractivity contribution in [1.29, 1.82) is 0 Å². The minimum absolute atomic E-state index is 0.705. The summed E-state index contributed by atoms with van der Waals surface area (Å²) in [5, 5.41) is 4.99. The summed E-state index contributed by atoms with van der Waals surface area (Å²) in [6, 6.07) is 7.53. The van der Waals surface area contributed by atoms with Crippen LogP contribution in [0.5, 0.6) is 0 Å². The second kappa shape index (κ2) is 3.80. The minimum Gasteiger partial charge on any atom is -0.221 e. The van der Waals surface area contributed by atoms with E-state index in [2.05, 4.69) is 10.1 Å². The number of rotatable bonds is 2. The topological polar surface area (TPSA) is 30.7 Å². The van der Waals surface area contributed by atoms with Crippen molar-refractivity contribution in [3.8, 4) is 5.69 Å². The van der Waals surface area contributed by atoms with Crippen LogP contribution in [0.15, 0.2) is 30.6 Å². The van der Waals surface area contributed by atoms with Gasteiger partial charge in [0.1, 0.15) is 6.33 Å². The van der Waals surface area contributed by atoms with Gasteiger partial charge in [-0.1, -0.05) is 24.6 Å². The zero-order valence-corrected chi connectivity index (χ0v) is 8.57. The van der Waals surface area contributed by atoms with E-state index in [1.165, 1.54) is 0 Å². The fourth-order valence-corrected chi connectivity index (χ4v) is 1.39. The lowest BCUT2D eigenvalue weighted by Crippen LogP contribution is -1.95. The van der Waals surface area contributed by atoms with Crippen molar-refractivity contribution >= 4 is 11.6 Å². The van der Waals surface area contributed by atoms with E-state index in [0.29, 0.717) is 5.02 Å². The summed E-state index contributed by atoms with van der Waals surface area (Å²) in [5.74, 6) is 0.838. The van der Waals surface area contributed by atoms with Gasteiger partial charge in [0.25, 0.3) is 0 Å². The lowest BCUT2D eigenvalue weighted by molar-refractivity contribution is 0.840. The molecule has 0 bridgehead atoms. The highest BCUT2D eigenvalue weighted by atomic mass is 35.5. The summed E-state index contributed by atoms with van der Waals surface area (Å²) >= 11 is 5.87. The number of hydrogen-bond donors (Lipinski definition) is 0. The molecule has 1 aromatic carbocycles. The predicted molar refractivity (Wildman–Crippen MR) is 55.7 cm³/mol. The molecule has 72 valence electrons. The van der Waals surface area contributed by atoms with Crippen molar-refractivity contribution in [3.63, 3.8) is 0 Å². The first-order valence-corrected chi connectivity index (χ1v) is 4.84. The van der Waals surface area contributed by atoms with Crippen LogP contribution >= 0.6 is 11.6 Å². The molecule has 0 saturated carbocycles. The quantitative estimate of drug-likeness (QED) is 0.758. The van der Waals surface area contributed by atoms with Gasteiger partial charge >= 0.3 is 0 Å². The number of benzene rings is 1. The molecule has 1 heterocycles. The molecule has 0 aliphatic heterocycles. The molecule has 2 rings (SSSR count). The van der Waals surface area contributed by atoms with Crippen molar-refractivity contribution in [3.05, 3.63) is 41.4 Å². The van der Waals surface area contributed by atoms with Crippen LogP contribution in [-0.4, -0.2) is 14.8 Å². The third-order valence-electron chi connectivity index (χ3n) is 1.93. The molecule has 0 N–H and O–H groups in total. The van der Waals surface area contributed by atoms with Crippen molar-refractivity contribution in [2.45, 2.75) is 13.3 Å². The second-order valence-corrected chi connectivity index (χ2v) is 3.38. The van der Waals surface area contributed by atoms with Gasteiger partial charge in [-0.3, -0.25) is 0 Å². The molecule has 1 aromatic heterocycles. The molecular weight excluding hydrogens is 198 g/mol. The molecule has 0 radical (unpaired) electrons. The summed E-state index contributed by atoms with van der Waals surface area (Å²) < 4.78 is 1.73. The normalized spacial score (nSPS) is 10.4. The van der Waals surface area contributed by atoms with E-state index in [0.717, 1.165) is 17.9 Å². The van der Waals surface area contributed by atoms with Crippen LogP contribution in [0.4, 0.5) is 0 Å². The fourth-order valence-electron chi connectivity index (χ4n) is 1.20. The Kier molecular flexibility index (Phi) is 2.50. The van der Waals surface area contributed by atoms with Crippen LogP contribution in [0.2, 0.25) is 5.02 Å². The van der Waals surface area contributed by atoms with E-state index in [1.54, 1.807) is 11.0 Å². The molecule has 4 heteroatoms. The minimum atomic E-state index is 0.705. The monoisotopic (exact) mass is 207 g/mol. The van der Waals surface area contributed by atoms with Crippen LogP contribution in [-0.2, 0) is 6.42 Å². The molecule has 0 unspecified atom stereocenters. The summed E-state index contributed by atoms with van der Waals surface area (Å²) in [4.78, 5) is 4.15. The molecule has 0 aliphatic rings. The molecule has 2 aromatic rings. The number of hydrogen-bond acceptors (Lipinski definition) is 2. The van der Waals surface area contributed by atoms with Gasteiger partial charge in [0.05, 0.1) is 5.69 Å². The summed E-state index contributed by atoms with van der Waals surface area (Å²) in [7, 11) is 0. The first-order valence-electron chi connectivity index (χ1n) is 4.46. The SMILES string of the molecule is CCc1ncn(-c2cccc(Cl)c2)n1. The lowest BCUT2D eigenvalue weighted by Gasteiger charge is -1.99. The van der Waals surface area contributed by atoms with Gasteiger partial charge in [-0.15, -0.1) is 0 Å². The molecular formula is C10H10ClN3. The molecule has 14 heavy (non-hydrogen) atoms. The number of aromatic nitrogens is 3. The third kappa shape index (κ3) is 1.77. The Hall–Kier alpha value is -1.35. The highest BCUT2D eigenvalue weighted by Crippen LogP contribution is 2.13. The first kappa shape index (κ1) is 9.21. The Labute approximate surface area is 87.3 Å². The average Bonchev–Trinajstić information content (AvgIpc) is 2.66. The van der Waals surface area contributed by atoms with Crippen LogP contribution in [0.25, 0.3) is 5.69 Å². The molecule has 3 nitrogen and oxygen atoms in total. The van der Waals surface area contributed by atoms with Crippen LogP contribution in [0.1, 0.15) is 12.7 Å². The van der Waals surface area contributed by atoms with Gasteiger partial charge in [0.2, 0.25) is 0 Å². The van der Waals surface area contributed by atoms with Crippen LogP contribution in [0, 0.1) is 0 Å². The smallest absolute Gasteiger partial charge is 0.150 e. The molecule has 0 spiro atoms. The maximum Gasteiger partial charge on any atom is 0.150 e. The Morgan fingerprint density at radius 1 is 1.43 bits per heavy atom. The van der Waals surface area contributed by atoms with Gasteiger partial charge in [-0.05, 0) is 18.2 Å². The van der Waals surface area contributed by atoms with Crippen LogP contribution < -0.4 is 0 Å². The van der Waals surface area contributed by atoms with Crippen molar-refractivity contribution < 1.29 is 0 Å². The van der Waals surface area contributed by atoms with Crippen molar-refractivity contribution in [2.24, 2.45) is 0 Å². The van der Waals surface area contributed by atoms with E-state index in [1.807, 2.05) is 31.2 Å². The van der Waals surface area contributed by atoms with Gasteiger partial charge in [0, 0.05) is 11.4 Å². The Bertz CT molecular complexity index is 436. The molecule has 0 atom stereocenters. The zero-order valence-electron chi connectivity index (χ0n) is 7.81. The number of nitrogens with zero attached hydrogens (tertiary/aromatic N) is 3.